The summed E-state index contributed by atoms with van der Waals surface area (Å²) in [4.78, 5) is 32.7. The normalized spacial score (nSPS) is 16.2. The Labute approximate surface area is 193 Å². The largest absolute Gasteiger partial charge is 0.490 e. The summed E-state index contributed by atoms with van der Waals surface area (Å²) in [7, 11) is 0. The first-order chi connectivity index (χ1) is 16.1. The first-order valence-corrected chi connectivity index (χ1v) is 10.1. The highest BCUT2D eigenvalue weighted by Gasteiger charge is 2.38. The topological polar surface area (TPSA) is 119 Å². The van der Waals surface area contributed by atoms with E-state index in [-0.39, 0.29) is 18.0 Å². The van der Waals surface area contributed by atoms with Crippen molar-refractivity contribution in [1.29, 1.82) is 0 Å². The maximum atomic E-state index is 12.5. The molecule has 2 atom stereocenters. The predicted octanol–water partition coefficient (Wildman–Crippen LogP) is 3.71. The SMILES string of the molecule is N[C@@H](Cc1ccccc1)C(=O)Nc1ccccc1/C=C/[C@H]1CC=CC(=O)O1.O=C(O)C(F)(F)F. The minimum atomic E-state index is -5.08. The molecule has 1 aliphatic heterocycles. The summed E-state index contributed by atoms with van der Waals surface area (Å²) in [6, 6.07) is 16.5. The van der Waals surface area contributed by atoms with Crippen LogP contribution >= 0.6 is 0 Å². The monoisotopic (exact) mass is 476 g/mol. The third-order valence-corrected chi connectivity index (χ3v) is 4.48. The number of carbonyl (C=O) groups excluding carboxylic acids is 2. The minimum absolute atomic E-state index is 0.244. The third kappa shape index (κ3) is 8.91. The fourth-order valence-electron chi connectivity index (χ4n) is 2.81. The fourth-order valence-corrected chi connectivity index (χ4v) is 2.81. The van der Waals surface area contributed by atoms with Crippen molar-refractivity contribution in [2.24, 2.45) is 5.73 Å². The Morgan fingerprint density at radius 1 is 1.15 bits per heavy atom. The van der Waals surface area contributed by atoms with E-state index in [1.807, 2.05) is 66.7 Å². The van der Waals surface area contributed by atoms with E-state index in [1.165, 1.54) is 6.08 Å². The van der Waals surface area contributed by atoms with Gasteiger partial charge in [-0.15, -0.1) is 0 Å². The maximum Gasteiger partial charge on any atom is 0.490 e. The molecule has 0 unspecified atom stereocenters. The van der Waals surface area contributed by atoms with E-state index in [9.17, 15) is 22.8 Å². The maximum absolute atomic E-state index is 12.5. The van der Waals surface area contributed by atoms with Crippen LogP contribution in [0.3, 0.4) is 0 Å². The number of nitrogens with one attached hydrogen (secondary N) is 1. The van der Waals surface area contributed by atoms with Crippen LogP contribution in [0, 0.1) is 0 Å². The van der Waals surface area contributed by atoms with Gasteiger partial charge in [-0.25, -0.2) is 9.59 Å². The van der Waals surface area contributed by atoms with Gasteiger partial charge >= 0.3 is 18.1 Å². The van der Waals surface area contributed by atoms with Crippen LogP contribution in [0.15, 0.2) is 72.8 Å². The summed E-state index contributed by atoms with van der Waals surface area (Å²) >= 11 is 0. The van der Waals surface area contributed by atoms with E-state index in [0.29, 0.717) is 18.5 Å². The van der Waals surface area contributed by atoms with Crippen LogP contribution in [0.5, 0.6) is 0 Å². The number of amides is 1. The number of carboxylic acid groups (broad SMARTS) is 1. The number of carboxylic acids is 1. The van der Waals surface area contributed by atoms with Gasteiger partial charge in [0.05, 0.1) is 6.04 Å². The summed E-state index contributed by atoms with van der Waals surface area (Å²) < 4.78 is 36.9. The van der Waals surface area contributed by atoms with Crippen LogP contribution in [0.1, 0.15) is 17.5 Å². The number of nitrogens with two attached hydrogens (primary N) is 1. The number of carbonyl (C=O) groups is 3. The Bertz CT molecular complexity index is 1050. The van der Waals surface area contributed by atoms with Gasteiger partial charge in [-0.2, -0.15) is 13.2 Å². The van der Waals surface area contributed by atoms with Crippen molar-refractivity contribution in [1.82, 2.24) is 0 Å². The second-order valence-electron chi connectivity index (χ2n) is 7.15. The molecule has 180 valence electrons. The zero-order valence-corrected chi connectivity index (χ0v) is 17.9. The van der Waals surface area contributed by atoms with Crippen LogP contribution in [0.2, 0.25) is 0 Å². The number of ether oxygens (including phenoxy) is 1. The standard InChI is InChI=1S/C22H22N2O3.C2HF3O2/c23-19(15-16-7-2-1-3-8-16)22(26)24-20-11-5-4-9-17(20)13-14-18-10-6-12-21(25)27-18;3-2(4,5)1(6)7/h1-9,11-14,18-19H,10,15,23H2,(H,24,26);(H,6,7)/b14-13+;/t18-,19+;/m1./s1. The number of hydrogen-bond acceptors (Lipinski definition) is 5. The molecule has 0 radical (unpaired) electrons. The molecule has 3 rings (SSSR count). The number of rotatable bonds is 6. The van der Waals surface area contributed by atoms with E-state index >= 15 is 0 Å². The molecule has 0 aliphatic carbocycles. The number of anilines is 1. The first kappa shape index (κ1) is 26.3. The van der Waals surface area contributed by atoms with Crippen LogP contribution in [0.4, 0.5) is 18.9 Å². The Hall–Kier alpha value is -3.92. The van der Waals surface area contributed by atoms with Crippen molar-refractivity contribution < 1.29 is 37.4 Å². The number of benzene rings is 2. The highest BCUT2D eigenvalue weighted by molar-refractivity contribution is 5.96. The lowest BCUT2D eigenvalue weighted by atomic mass is 10.1. The van der Waals surface area contributed by atoms with Gasteiger partial charge < -0.3 is 20.9 Å². The van der Waals surface area contributed by atoms with E-state index in [0.717, 1.165) is 11.1 Å². The molecule has 10 heteroatoms. The first-order valence-electron chi connectivity index (χ1n) is 10.1. The quantitative estimate of drug-likeness (QED) is 0.547. The average molecular weight is 476 g/mol. The number of alkyl halides is 3. The second-order valence-corrected chi connectivity index (χ2v) is 7.15. The molecule has 0 aromatic heterocycles. The van der Waals surface area contributed by atoms with Crippen molar-refractivity contribution >= 4 is 29.6 Å². The number of para-hydroxylation sites is 1. The molecule has 0 bridgehead atoms. The second kappa shape index (κ2) is 12.4. The van der Waals surface area contributed by atoms with Gasteiger partial charge in [-0.05, 0) is 29.7 Å². The molecule has 1 amide bonds. The van der Waals surface area contributed by atoms with E-state index in [2.05, 4.69) is 5.32 Å². The van der Waals surface area contributed by atoms with Crippen LogP contribution < -0.4 is 11.1 Å². The van der Waals surface area contributed by atoms with Crippen molar-refractivity contribution in [3.05, 3.63) is 84.0 Å². The van der Waals surface area contributed by atoms with Gasteiger partial charge in [0.25, 0.3) is 0 Å². The Morgan fingerprint density at radius 3 is 2.38 bits per heavy atom. The molecule has 34 heavy (non-hydrogen) atoms. The van der Waals surface area contributed by atoms with Gasteiger partial charge in [0.2, 0.25) is 5.91 Å². The zero-order chi connectivity index (χ0) is 25.1. The van der Waals surface area contributed by atoms with Crippen molar-refractivity contribution in [3.8, 4) is 0 Å². The van der Waals surface area contributed by atoms with Crippen LogP contribution in [0.25, 0.3) is 6.08 Å². The van der Waals surface area contributed by atoms with Gasteiger partial charge in [-0.3, -0.25) is 4.79 Å². The molecular formula is C24H23F3N2O5. The molecule has 7 nitrogen and oxygen atoms in total. The van der Waals surface area contributed by atoms with Crippen molar-refractivity contribution in [3.63, 3.8) is 0 Å². The Morgan fingerprint density at radius 2 is 1.76 bits per heavy atom. The van der Waals surface area contributed by atoms with Crippen molar-refractivity contribution in [2.45, 2.75) is 31.2 Å². The molecule has 2 aromatic carbocycles. The number of aliphatic carboxylic acids is 1. The van der Waals surface area contributed by atoms with Crippen molar-refractivity contribution in [2.75, 3.05) is 5.32 Å². The molecule has 4 N–H and O–H groups in total. The summed E-state index contributed by atoms with van der Waals surface area (Å²) in [5, 5.41) is 10.0. The van der Waals surface area contributed by atoms with Crippen LogP contribution in [-0.4, -0.2) is 41.3 Å². The van der Waals surface area contributed by atoms with E-state index in [1.54, 1.807) is 6.08 Å². The zero-order valence-electron chi connectivity index (χ0n) is 17.9. The number of halogens is 3. The molecule has 0 fully saturated rings. The molecule has 0 spiro atoms. The number of cyclic esters (lactones) is 1. The summed E-state index contributed by atoms with van der Waals surface area (Å²) in [5.41, 5.74) is 8.56. The molecule has 1 aliphatic rings. The number of esters is 1. The van der Waals surface area contributed by atoms with Crippen LogP contribution in [-0.2, 0) is 25.5 Å². The summed E-state index contributed by atoms with van der Waals surface area (Å²) in [6.07, 6.45) is 2.59. The lowest BCUT2D eigenvalue weighted by Crippen LogP contribution is -2.37. The lowest BCUT2D eigenvalue weighted by molar-refractivity contribution is -0.192. The lowest BCUT2D eigenvalue weighted by Gasteiger charge is -2.16. The summed E-state index contributed by atoms with van der Waals surface area (Å²) in [6.45, 7) is 0. The Kier molecular flexibility index (Phi) is 9.57. The van der Waals surface area contributed by atoms with Gasteiger partial charge in [0.1, 0.15) is 6.10 Å². The third-order valence-electron chi connectivity index (χ3n) is 4.48. The molecule has 1 heterocycles. The number of hydrogen-bond donors (Lipinski definition) is 3. The molecule has 0 saturated carbocycles. The minimum Gasteiger partial charge on any atom is -0.475 e. The smallest absolute Gasteiger partial charge is 0.475 e. The predicted molar refractivity (Wildman–Crippen MR) is 120 cm³/mol. The van der Waals surface area contributed by atoms with E-state index in [4.69, 9.17) is 20.4 Å². The Balaban J connectivity index is 0.000000509. The fraction of sp³-hybridized carbons (Fsp3) is 0.208. The van der Waals surface area contributed by atoms with Gasteiger partial charge in [0.15, 0.2) is 0 Å². The molecule has 0 saturated heterocycles. The average Bonchev–Trinajstić information content (AvgIpc) is 2.79. The highest BCUT2D eigenvalue weighted by atomic mass is 19.4. The highest BCUT2D eigenvalue weighted by Crippen LogP contribution is 2.19. The van der Waals surface area contributed by atoms with E-state index < -0.39 is 18.2 Å². The molecular weight excluding hydrogens is 453 g/mol. The van der Waals surface area contributed by atoms with Gasteiger partial charge in [0, 0.05) is 18.2 Å². The molecule has 2 aromatic rings. The summed E-state index contributed by atoms with van der Waals surface area (Å²) in [5.74, 6) is -3.34. The van der Waals surface area contributed by atoms with Gasteiger partial charge in [-0.1, -0.05) is 60.7 Å².